The second kappa shape index (κ2) is 16.6. The smallest absolute Gasteiger partial charge is 0.124 e. The highest BCUT2D eigenvalue weighted by atomic mass is 28.3. The first-order chi connectivity index (χ1) is 21.7. The molecule has 0 unspecified atom stereocenters. The van der Waals surface area contributed by atoms with Crippen LogP contribution >= 0.6 is 0 Å². The molecule has 8 heteroatoms. The van der Waals surface area contributed by atoms with E-state index in [4.69, 9.17) is 0 Å². The fourth-order valence-electron chi connectivity index (χ4n) is 7.66. The van der Waals surface area contributed by atoms with Gasteiger partial charge in [0.05, 0.1) is 8.07 Å². The molecule has 0 fully saturated rings. The van der Waals surface area contributed by atoms with Gasteiger partial charge in [0, 0.05) is 74.6 Å². The molecule has 6 nitrogen and oxygen atoms in total. The number of phenolic OH excluding ortho intramolecular Hbond substituents is 2. The first-order valence-corrected chi connectivity index (χ1v) is 23.5. The van der Waals surface area contributed by atoms with Crippen LogP contribution in [0, 0.1) is 10.8 Å². The van der Waals surface area contributed by atoms with Crippen molar-refractivity contribution >= 4 is 26.5 Å². The highest BCUT2D eigenvalue weighted by molar-refractivity contribution is 6.92. The van der Waals surface area contributed by atoms with Gasteiger partial charge < -0.3 is 31.5 Å². The number of fused-ring (bicyclic) bond motifs is 4. The fourth-order valence-corrected chi connectivity index (χ4v) is 15.0. The summed E-state index contributed by atoms with van der Waals surface area (Å²) in [6, 6.07) is 16.6. The fraction of sp³-hybridized carbons (Fsp3) is 0.684. The normalized spacial score (nSPS) is 18.7. The number of aromatic hydroxyl groups is 2. The molecule has 1 aliphatic rings. The summed E-state index contributed by atoms with van der Waals surface area (Å²) in [6.07, 6.45) is 0. The average Bonchev–Trinajstić information content (AvgIpc) is 3.02. The molecule has 0 aliphatic carbocycles. The Balaban J connectivity index is 1.97. The van der Waals surface area contributed by atoms with Crippen LogP contribution in [0.25, 0.3) is 0 Å². The Morgan fingerprint density at radius 1 is 0.565 bits per heavy atom. The zero-order chi connectivity index (χ0) is 34.2. The largest absolute Gasteiger partial charge is 0.507 e. The predicted octanol–water partition coefficient (Wildman–Crippen LogP) is 6.65. The molecule has 0 saturated heterocycles. The van der Waals surface area contributed by atoms with Crippen LogP contribution in [0.4, 0.5) is 0 Å². The lowest BCUT2D eigenvalue weighted by atomic mass is 9.92. The van der Waals surface area contributed by atoms with Crippen molar-refractivity contribution < 1.29 is 10.2 Å². The zero-order valence-corrected chi connectivity index (χ0v) is 33.1. The molecule has 4 bridgehead atoms. The van der Waals surface area contributed by atoms with Gasteiger partial charge in [-0.15, -0.1) is 8.07 Å². The molecular weight excluding hydrogens is 601 g/mol. The van der Waals surface area contributed by atoms with Crippen LogP contribution in [-0.2, 0) is 26.2 Å². The summed E-state index contributed by atoms with van der Waals surface area (Å²) in [7, 11) is -3.25. The predicted molar refractivity (Wildman–Crippen MR) is 204 cm³/mol. The topological polar surface area (TPSA) is 88.6 Å². The maximum Gasteiger partial charge on any atom is 0.124 e. The maximum atomic E-state index is 11.5. The average molecular weight is 669 g/mol. The molecule has 0 atom stereocenters. The summed E-state index contributed by atoms with van der Waals surface area (Å²) in [4.78, 5) is 0. The first kappa shape index (κ1) is 38.8. The highest BCUT2D eigenvalue weighted by Gasteiger charge is 2.31. The van der Waals surface area contributed by atoms with Crippen molar-refractivity contribution in [3.05, 3.63) is 46.5 Å². The van der Waals surface area contributed by atoms with E-state index in [1.54, 1.807) is 0 Å². The van der Waals surface area contributed by atoms with Gasteiger partial charge in [-0.05, 0) is 10.8 Å². The summed E-state index contributed by atoms with van der Waals surface area (Å²) in [5.41, 5.74) is 4.06. The van der Waals surface area contributed by atoms with Crippen molar-refractivity contribution in [2.75, 3.05) is 26.2 Å². The van der Waals surface area contributed by atoms with Gasteiger partial charge in [-0.25, -0.2) is 0 Å². The highest BCUT2D eigenvalue weighted by Crippen LogP contribution is 2.30. The molecule has 2 aromatic carbocycles. The van der Waals surface area contributed by atoms with E-state index in [-0.39, 0.29) is 10.8 Å². The number of rotatable bonds is 8. The lowest BCUT2D eigenvalue weighted by Gasteiger charge is -2.42. The van der Waals surface area contributed by atoms with E-state index >= 15 is 0 Å². The minimum absolute atomic E-state index is 0.00876. The summed E-state index contributed by atoms with van der Waals surface area (Å²) in [6.45, 7) is 29.1. The quantitative estimate of drug-likeness (QED) is 0.177. The Bertz CT molecular complexity index is 1090. The van der Waals surface area contributed by atoms with Crippen molar-refractivity contribution in [1.29, 1.82) is 0 Å². The Morgan fingerprint density at radius 2 is 0.870 bits per heavy atom. The van der Waals surface area contributed by atoms with Crippen LogP contribution in [0.2, 0.25) is 36.3 Å². The third-order valence-electron chi connectivity index (χ3n) is 11.5. The van der Waals surface area contributed by atoms with Gasteiger partial charge in [-0.2, -0.15) is 23.3 Å². The van der Waals surface area contributed by atoms with E-state index in [0.29, 0.717) is 37.7 Å². The molecule has 2 aromatic rings. The minimum Gasteiger partial charge on any atom is -0.507 e. The van der Waals surface area contributed by atoms with Crippen molar-refractivity contribution in [2.45, 2.75) is 132 Å². The van der Waals surface area contributed by atoms with E-state index in [2.05, 4.69) is 115 Å². The van der Waals surface area contributed by atoms with E-state index in [1.807, 2.05) is 0 Å². The third kappa shape index (κ3) is 9.26. The molecule has 0 saturated carbocycles. The van der Waals surface area contributed by atoms with Crippen LogP contribution in [0.1, 0.15) is 91.5 Å². The summed E-state index contributed by atoms with van der Waals surface area (Å²) < 4.78 is 0. The van der Waals surface area contributed by atoms with Crippen LogP contribution < -0.4 is 31.6 Å². The van der Waals surface area contributed by atoms with E-state index in [0.717, 1.165) is 48.4 Å². The standard InChI is InChI=1S/C38H68N4O2Si2/c1-11-45(12-2,13-3)33-17-29-21-39-25-37(7,8)27-41-23-31-19-34(46(14-4,15-5)16-6)20-32(36(31)44)24-42-28-38(9,10)26-40-22-30(18-33)35(29)43/h17-20,39-44H,11-16,21-28H2,1-10H3/q-1. The van der Waals surface area contributed by atoms with Gasteiger partial charge in [-0.3, -0.25) is 0 Å². The number of benzene rings is 2. The summed E-state index contributed by atoms with van der Waals surface area (Å²) in [5.74, 6) is 0.874. The molecule has 261 valence electrons. The van der Waals surface area contributed by atoms with E-state index < -0.39 is 16.1 Å². The van der Waals surface area contributed by atoms with Crippen molar-refractivity contribution in [3.63, 3.8) is 0 Å². The van der Waals surface area contributed by atoms with Gasteiger partial charge in [0.2, 0.25) is 0 Å². The van der Waals surface area contributed by atoms with Gasteiger partial charge in [0.1, 0.15) is 11.5 Å². The third-order valence-corrected chi connectivity index (χ3v) is 22.6. The van der Waals surface area contributed by atoms with E-state index in [9.17, 15) is 10.2 Å². The van der Waals surface area contributed by atoms with Crippen molar-refractivity contribution in [2.24, 2.45) is 10.8 Å². The number of hydrogen-bond acceptors (Lipinski definition) is 6. The van der Waals surface area contributed by atoms with Crippen molar-refractivity contribution in [3.8, 4) is 11.5 Å². The molecule has 0 amide bonds. The minimum atomic E-state index is -1.62. The SMILES string of the molecule is CC[Si](CC)(CC)c1cc2c(O)c(c1)CNCC(C)(C)CNCc1cc([Si-](CC)(CC)CC)cc(c1O)CNCC(C)(C)CNC2. The second-order valence-corrected chi connectivity index (χ2v) is 26.2. The van der Waals surface area contributed by atoms with Gasteiger partial charge >= 0.3 is 0 Å². The van der Waals surface area contributed by atoms with Crippen LogP contribution in [-0.4, -0.2) is 52.5 Å². The maximum absolute atomic E-state index is 11.5. The van der Waals surface area contributed by atoms with Gasteiger partial charge in [0.25, 0.3) is 0 Å². The molecule has 6 N–H and O–H groups in total. The van der Waals surface area contributed by atoms with Crippen molar-refractivity contribution in [1.82, 2.24) is 21.3 Å². The molecule has 1 heterocycles. The summed E-state index contributed by atoms with van der Waals surface area (Å²) >= 11 is 0. The Hall–Kier alpha value is -1.69. The Labute approximate surface area is 284 Å². The van der Waals surface area contributed by atoms with Crippen LogP contribution in [0.3, 0.4) is 0 Å². The zero-order valence-electron chi connectivity index (χ0n) is 31.1. The monoisotopic (exact) mass is 668 g/mol. The Morgan fingerprint density at radius 3 is 1.15 bits per heavy atom. The lowest BCUT2D eigenvalue weighted by molar-refractivity contribution is 0.313. The molecule has 0 radical (unpaired) electrons. The number of hydrogen-bond donors (Lipinski definition) is 6. The summed E-state index contributed by atoms with van der Waals surface area (Å²) in [5, 5.41) is 40.8. The second-order valence-electron chi connectivity index (χ2n) is 15.7. The molecule has 0 spiro atoms. The van der Waals surface area contributed by atoms with Gasteiger partial charge in [0.15, 0.2) is 0 Å². The van der Waals surface area contributed by atoms with Crippen LogP contribution in [0.5, 0.6) is 11.5 Å². The first-order valence-electron chi connectivity index (χ1n) is 18.3. The molecular formula is C38H68N4O2Si2-. The van der Waals surface area contributed by atoms with Crippen LogP contribution in [0.15, 0.2) is 24.3 Å². The molecule has 46 heavy (non-hydrogen) atoms. The Kier molecular flexibility index (Phi) is 14.0. The van der Waals surface area contributed by atoms with E-state index in [1.165, 1.54) is 46.6 Å². The van der Waals surface area contributed by atoms with Gasteiger partial charge in [-0.1, -0.05) is 117 Å². The number of nitrogens with one attached hydrogen (secondary N) is 4. The number of phenols is 2. The molecule has 0 aromatic heterocycles. The molecule has 3 rings (SSSR count). The lowest BCUT2D eigenvalue weighted by Crippen LogP contribution is -2.46. The molecule has 1 aliphatic heterocycles.